The van der Waals surface area contributed by atoms with Crippen LogP contribution in [0.5, 0.6) is 0 Å². The lowest BCUT2D eigenvalue weighted by atomic mass is 10.2. The lowest BCUT2D eigenvalue weighted by molar-refractivity contribution is 1.27. The number of anilines is 1. The van der Waals surface area contributed by atoms with Crippen molar-refractivity contribution in [2.24, 2.45) is 4.99 Å². The van der Waals surface area contributed by atoms with E-state index in [9.17, 15) is 0 Å². The van der Waals surface area contributed by atoms with E-state index in [-0.39, 0.29) is 0 Å². The van der Waals surface area contributed by atoms with E-state index in [1.807, 2.05) is 30.4 Å². The van der Waals surface area contributed by atoms with E-state index in [0.29, 0.717) is 0 Å². The van der Waals surface area contributed by atoms with E-state index in [4.69, 9.17) is 0 Å². The number of hydrogen-bond acceptors (Lipinski definition) is 1. The summed E-state index contributed by atoms with van der Waals surface area (Å²) in [7, 11) is 2.01. The van der Waals surface area contributed by atoms with Crippen molar-refractivity contribution in [2.75, 3.05) is 11.9 Å². The van der Waals surface area contributed by atoms with Gasteiger partial charge in [0, 0.05) is 12.7 Å². The lowest BCUT2D eigenvalue weighted by Crippen LogP contribution is -2.13. The number of rotatable bonds is 3. The summed E-state index contributed by atoms with van der Waals surface area (Å²) in [4.78, 5) is 6.50. The summed E-state index contributed by atoms with van der Waals surface area (Å²) in [6.45, 7) is 4.17. The molecule has 0 aromatic heterocycles. The molecule has 2 aromatic rings. The Balaban J connectivity index is 2.14. The molecule has 2 nitrogen and oxygen atoms in total. The smallest absolute Gasteiger partial charge is 0.0954 e. The molecule has 2 heteroatoms. The highest BCUT2D eigenvalue weighted by molar-refractivity contribution is 5.80. The summed E-state index contributed by atoms with van der Waals surface area (Å²) in [5, 5.41) is 0. The average Bonchev–Trinajstić information content (AvgIpc) is 2.36. The molecule has 0 bridgehead atoms. The molecule has 0 spiro atoms. The van der Waals surface area contributed by atoms with Crippen molar-refractivity contribution in [1.82, 2.24) is 0 Å². The van der Waals surface area contributed by atoms with Crippen molar-refractivity contribution in [3.63, 3.8) is 0 Å². The first-order valence-electron chi connectivity index (χ1n) is 6.05. The highest BCUT2D eigenvalue weighted by Gasteiger charge is 1.97. The Morgan fingerprint density at radius 1 is 0.944 bits per heavy atom. The fourth-order valence-electron chi connectivity index (χ4n) is 1.78. The largest absolute Gasteiger partial charge is 0.336 e. The van der Waals surface area contributed by atoms with Crippen molar-refractivity contribution >= 4 is 17.7 Å². The molecule has 0 aliphatic rings. The maximum Gasteiger partial charge on any atom is 0.0954 e. The molecule has 0 fully saturated rings. The van der Waals surface area contributed by atoms with Gasteiger partial charge in [-0.25, -0.2) is 4.99 Å². The second kappa shape index (κ2) is 5.50. The molecule has 0 atom stereocenters. The Hall–Kier alpha value is -2.09. The zero-order valence-electron chi connectivity index (χ0n) is 11.1. The molecule has 2 aromatic carbocycles. The molecule has 0 aliphatic heterocycles. The fourth-order valence-corrected chi connectivity index (χ4v) is 1.78. The molecule has 0 amide bonds. The minimum Gasteiger partial charge on any atom is -0.336 e. The van der Waals surface area contributed by atoms with Crippen LogP contribution in [0, 0.1) is 13.8 Å². The van der Waals surface area contributed by atoms with Gasteiger partial charge in [-0.15, -0.1) is 0 Å². The van der Waals surface area contributed by atoms with Gasteiger partial charge in [0.15, 0.2) is 0 Å². The molecular formula is C16H18N2. The second-order valence-electron chi connectivity index (χ2n) is 4.53. The van der Waals surface area contributed by atoms with Crippen LogP contribution in [0.4, 0.5) is 11.4 Å². The van der Waals surface area contributed by atoms with Crippen molar-refractivity contribution in [2.45, 2.75) is 13.8 Å². The standard InChI is InChI=1S/C16H18N2/c1-13-6-4-8-15(10-13)17-12-18(3)16-9-5-7-14(2)11-16/h4-12H,1-3H3/b17-12+. The third-order valence-electron chi connectivity index (χ3n) is 2.79. The predicted octanol–water partition coefficient (Wildman–Crippen LogP) is 4.10. The van der Waals surface area contributed by atoms with Crippen LogP contribution in [0.1, 0.15) is 11.1 Å². The van der Waals surface area contributed by atoms with E-state index < -0.39 is 0 Å². The normalized spacial score (nSPS) is 10.8. The molecule has 18 heavy (non-hydrogen) atoms. The van der Waals surface area contributed by atoms with Crippen molar-refractivity contribution < 1.29 is 0 Å². The molecule has 0 N–H and O–H groups in total. The Bertz CT molecular complexity index is 559. The first-order chi connectivity index (χ1) is 8.65. The van der Waals surface area contributed by atoms with Crippen LogP contribution in [-0.2, 0) is 0 Å². The van der Waals surface area contributed by atoms with Crippen LogP contribution in [-0.4, -0.2) is 13.4 Å². The van der Waals surface area contributed by atoms with E-state index in [1.54, 1.807) is 0 Å². The van der Waals surface area contributed by atoms with Gasteiger partial charge in [-0.3, -0.25) is 0 Å². The number of hydrogen-bond donors (Lipinski definition) is 0. The zero-order chi connectivity index (χ0) is 13.0. The van der Waals surface area contributed by atoms with Crippen molar-refractivity contribution in [1.29, 1.82) is 0 Å². The second-order valence-corrected chi connectivity index (χ2v) is 4.53. The Morgan fingerprint density at radius 2 is 1.61 bits per heavy atom. The fraction of sp³-hybridized carbons (Fsp3) is 0.188. The van der Waals surface area contributed by atoms with Crippen LogP contribution < -0.4 is 4.90 Å². The van der Waals surface area contributed by atoms with Crippen LogP contribution in [0.2, 0.25) is 0 Å². The van der Waals surface area contributed by atoms with E-state index in [1.165, 1.54) is 11.1 Å². The lowest BCUT2D eigenvalue weighted by Gasteiger charge is -2.13. The molecule has 0 saturated heterocycles. The van der Waals surface area contributed by atoms with Crippen LogP contribution in [0.15, 0.2) is 53.5 Å². The van der Waals surface area contributed by atoms with Gasteiger partial charge in [-0.05, 0) is 49.2 Å². The predicted molar refractivity (Wildman–Crippen MR) is 78.9 cm³/mol. The molecule has 0 radical (unpaired) electrons. The maximum atomic E-state index is 4.47. The van der Waals surface area contributed by atoms with Gasteiger partial charge in [0.05, 0.1) is 12.0 Å². The molecule has 0 saturated carbocycles. The first kappa shape index (κ1) is 12.4. The van der Waals surface area contributed by atoms with Gasteiger partial charge in [-0.2, -0.15) is 0 Å². The highest BCUT2D eigenvalue weighted by atomic mass is 15.1. The zero-order valence-corrected chi connectivity index (χ0v) is 11.1. The third-order valence-corrected chi connectivity index (χ3v) is 2.79. The molecule has 0 heterocycles. The number of aliphatic imine (C=N–C) groups is 1. The average molecular weight is 238 g/mol. The Kier molecular flexibility index (Phi) is 3.78. The van der Waals surface area contributed by atoms with Crippen LogP contribution in [0.25, 0.3) is 0 Å². The SMILES string of the molecule is Cc1cccc(/N=C/N(C)c2cccc(C)c2)c1. The Labute approximate surface area is 109 Å². The number of aryl methyl sites for hydroxylation is 2. The molecule has 2 rings (SSSR count). The van der Waals surface area contributed by atoms with Crippen LogP contribution in [0.3, 0.4) is 0 Å². The monoisotopic (exact) mass is 238 g/mol. The topological polar surface area (TPSA) is 15.6 Å². The van der Waals surface area contributed by atoms with Gasteiger partial charge >= 0.3 is 0 Å². The summed E-state index contributed by atoms with van der Waals surface area (Å²) >= 11 is 0. The van der Waals surface area contributed by atoms with E-state index in [0.717, 1.165) is 11.4 Å². The van der Waals surface area contributed by atoms with Gasteiger partial charge in [0.1, 0.15) is 0 Å². The molecule has 92 valence electrons. The van der Waals surface area contributed by atoms with Gasteiger partial charge in [0.25, 0.3) is 0 Å². The highest BCUT2D eigenvalue weighted by Crippen LogP contribution is 2.15. The summed E-state index contributed by atoms with van der Waals surface area (Å²) in [6.07, 6.45) is 1.85. The number of benzene rings is 2. The maximum absolute atomic E-state index is 4.47. The third kappa shape index (κ3) is 3.20. The first-order valence-corrected chi connectivity index (χ1v) is 6.05. The van der Waals surface area contributed by atoms with Crippen LogP contribution >= 0.6 is 0 Å². The molecule has 0 unspecified atom stereocenters. The summed E-state index contributed by atoms with van der Waals surface area (Å²) < 4.78 is 0. The van der Waals surface area contributed by atoms with Gasteiger partial charge in [0.2, 0.25) is 0 Å². The summed E-state index contributed by atoms with van der Waals surface area (Å²) in [5.41, 5.74) is 4.60. The van der Waals surface area contributed by atoms with Gasteiger partial charge < -0.3 is 4.90 Å². The molecule has 0 aliphatic carbocycles. The summed E-state index contributed by atoms with van der Waals surface area (Å²) in [6, 6.07) is 16.5. The number of nitrogens with zero attached hydrogens (tertiary/aromatic N) is 2. The van der Waals surface area contributed by atoms with E-state index in [2.05, 4.69) is 55.2 Å². The Morgan fingerprint density at radius 3 is 2.28 bits per heavy atom. The van der Waals surface area contributed by atoms with Gasteiger partial charge in [-0.1, -0.05) is 24.3 Å². The minimum atomic E-state index is 0.981. The molecular weight excluding hydrogens is 220 g/mol. The quantitative estimate of drug-likeness (QED) is 0.580. The minimum absolute atomic E-state index is 0.981. The van der Waals surface area contributed by atoms with E-state index >= 15 is 0 Å². The van der Waals surface area contributed by atoms with Crippen molar-refractivity contribution in [3.8, 4) is 0 Å². The summed E-state index contributed by atoms with van der Waals surface area (Å²) in [5.74, 6) is 0. The van der Waals surface area contributed by atoms with Crippen molar-refractivity contribution in [3.05, 3.63) is 59.7 Å².